The van der Waals surface area contributed by atoms with E-state index in [4.69, 9.17) is 9.57 Å². The summed E-state index contributed by atoms with van der Waals surface area (Å²) in [5.41, 5.74) is 3.04. The van der Waals surface area contributed by atoms with Gasteiger partial charge in [-0.25, -0.2) is 14.8 Å². The van der Waals surface area contributed by atoms with Gasteiger partial charge in [0.05, 0.1) is 25.6 Å². The number of anilines is 1. The molecule has 23 heavy (non-hydrogen) atoms. The molecule has 2 rings (SSSR count). The fraction of sp³-hybridized carbons (Fsp3) is 0.294. The van der Waals surface area contributed by atoms with Crippen LogP contribution in [0.4, 0.5) is 10.5 Å². The number of carbonyl (C=O) groups excluding carboxylic acids is 1. The van der Waals surface area contributed by atoms with E-state index in [-0.39, 0.29) is 6.03 Å². The Bertz CT molecular complexity index is 627. The Hall–Kier alpha value is -2.60. The number of pyridine rings is 1. The second-order valence-corrected chi connectivity index (χ2v) is 5.08. The van der Waals surface area contributed by atoms with Crippen molar-refractivity contribution in [2.24, 2.45) is 0 Å². The summed E-state index contributed by atoms with van der Waals surface area (Å²) in [5.74, 6) is 0.523. The van der Waals surface area contributed by atoms with Crippen molar-refractivity contribution in [3.63, 3.8) is 0 Å². The third-order valence-electron chi connectivity index (χ3n) is 3.31. The number of hydrogen-bond donors (Lipinski definition) is 1. The van der Waals surface area contributed by atoms with Gasteiger partial charge in [-0.15, -0.1) is 0 Å². The third kappa shape index (κ3) is 5.27. The average molecular weight is 315 g/mol. The minimum absolute atomic E-state index is 0.373. The number of hydroxylamine groups is 2. The Morgan fingerprint density at radius 3 is 2.57 bits per heavy atom. The minimum Gasteiger partial charge on any atom is -0.477 e. The minimum atomic E-state index is -0.373. The lowest BCUT2D eigenvalue weighted by atomic mass is 10.1. The highest BCUT2D eigenvalue weighted by atomic mass is 16.7. The van der Waals surface area contributed by atoms with Crippen LogP contribution in [0.25, 0.3) is 0 Å². The molecule has 1 N–H and O–H groups in total. The molecule has 1 aromatic heterocycles. The average Bonchev–Trinajstić information content (AvgIpc) is 2.57. The van der Waals surface area contributed by atoms with E-state index in [1.807, 2.05) is 0 Å². The molecule has 1 aromatic carbocycles. The maximum atomic E-state index is 11.6. The second-order valence-electron chi connectivity index (χ2n) is 5.08. The molecule has 0 aliphatic heterocycles. The lowest BCUT2D eigenvalue weighted by Crippen LogP contribution is -2.30. The number of hydrogen-bond acceptors (Lipinski definition) is 4. The van der Waals surface area contributed by atoms with Crippen LogP contribution in [0.5, 0.6) is 5.88 Å². The number of carbonyl (C=O) groups is 1. The van der Waals surface area contributed by atoms with Crippen LogP contribution in [-0.4, -0.2) is 36.8 Å². The maximum absolute atomic E-state index is 11.6. The van der Waals surface area contributed by atoms with E-state index in [0.29, 0.717) is 18.2 Å². The molecule has 122 valence electrons. The number of amides is 2. The number of aromatic nitrogens is 1. The smallest absolute Gasteiger partial charge is 0.345 e. The van der Waals surface area contributed by atoms with Gasteiger partial charge in [0.15, 0.2) is 0 Å². The van der Waals surface area contributed by atoms with Crippen LogP contribution >= 0.6 is 0 Å². The number of rotatable bonds is 6. The summed E-state index contributed by atoms with van der Waals surface area (Å²) in [5, 5.41) is 3.74. The van der Waals surface area contributed by atoms with E-state index >= 15 is 0 Å². The fourth-order valence-electron chi connectivity index (χ4n) is 1.85. The van der Waals surface area contributed by atoms with Crippen molar-refractivity contribution >= 4 is 11.7 Å². The molecule has 2 aromatic rings. The van der Waals surface area contributed by atoms with Crippen LogP contribution in [0.2, 0.25) is 0 Å². The molecule has 0 bridgehead atoms. The van der Waals surface area contributed by atoms with E-state index in [0.717, 1.165) is 11.5 Å². The van der Waals surface area contributed by atoms with Crippen LogP contribution in [-0.2, 0) is 11.3 Å². The summed E-state index contributed by atoms with van der Waals surface area (Å²) in [4.78, 5) is 20.6. The molecule has 0 spiro atoms. The zero-order valence-electron chi connectivity index (χ0n) is 13.6. The highest BCUT2D eigenvalue weighted by molar-refractivity contribution is 5.88. The zero-order chi connectivity index (χ0) is 16.7. The predicted octanol–water partition coefficient (Wildman–Crippen LogP) is 3.04. The molecule has 6 nitrogen and oxygen atoms in total. The van der Waals surface area contributed by atoms with Gasteiger partial charge in [0.25, 0.3) is 0 Å². The molecule has 0 unspecified atom stereocenters. The van der Waals surface area contributed by atoms with Crippen LogP contribution in [0.3, 0.4) is 0 Å². The number of urea groups is 1. The number of ether oxygens (including phenoxy) is 1. The van der Waals surface area contributed by atoms with E-state index in [1.54, 1.807) is 18.3 Å². The van der Waals surface area contributed by atoms with Crippen molar-refractivity contribution < 1.29 is 14.4 Å². The van der Waals surface area contributed by atoms with E-state index in [9.17, 15) is 4.79 Å². The van der Waals surface area contributed by atoms with Gasteiger partial charge in [0, 0.05) is 19.5 Å². The summed E-state index contributed by atoms with van der Waals surface area (Å²) in [6, 6.07) is 11.4. The molecule has 0 aliphatic carbocycles. The Balaban J connectivity index is 1.80. The van der Waals surface area contributed by atoms with E-state index < -0.39 is 0 Å². The molecule has 0 atom stereocenters. The van der Waals surface area contributed by atoms with Gasteiger partial charge in [0.1, 0.15) is 0 Å². The summed E-state index contributed by atoms with van der Waals surface area (Å²) in [7, 11) is 2.94. The van der Waals surface area contributed by atoms with Crippen molar-refractivity contribution in [2.45, 2.75) is 13.3 Å². The topological polar surface area (TPSA) is 63.7 Å². The molecular formula is C17H21N3O3. The standard InChI is InChI=1S/C17H21N3O3/c1-13-4-6-14(7-5-13)10-11-23-16-9-8-15(12-18-16)19-17(21)20(2)22-3/h4-9,12H,10-11H2,1-3H3,(H,19,21). The molecule has 0 saturated carbocycles. The first-order valence-electron chi connectivity index (χ1n) is 7.31. The lowest BCUT2D eigenvalue weighted by Gasteiger charge is -2.14. The van der Waals surface area contributed by atoms with Gasteiger partial charge in [-0.3, -0.25) is 4.84 Å². The largest absolute Gasteiger partial charge is 0.477 e. The van der Waals surface area contributed by atoms with Gasteiger partial charge in [-0.05, 0) is 18.6 Å². The molecule has 0 aliphatic rings. The summed E-state index contributed by atoms with van der Waals surface area (Å²) in [6.07, 6.45) is 2.36. The Morgan fingerprint density at radius 1 is 1.22 bits per heavy atom. The number of benzene rings is 1. The maximum Gasteiger partial charge on any atom is 0.345 e. The van der Waals surface area contributed by atoms with E-state index in [1.165, 1.54) is 25.3 Å². The number of aryl methyl sites for hydroxylation is 1. The monoisotopic (exact) mass is 315 g/mol. The van der Waals surface area contributed by atoms with Crippen LogP contribution < -0.4 is 10.1 Å². The van der Waals surface area contributed by atoms with Gasteiger partial charge >= 0.3 is 6.03 Å². The Labute approximate surface area is 136 Å². The first-order valence-corrected chi connectivity index (χ1v) is 7.31. The van der Waals surface area contributed by atoms with Gasteiger partial charge in [0.2, 0.25) is 5.88 Å². The van der Waals surface area contributed by atoms with Gasteiger partial charge < -0.3 is 10.1 Å². The van der Waals surface area contributed by atoms with Crippen LogP contribution in [0.15, 0.2) is 42.6 Å². The Kier molecular flexibility index (Phi) is 5.94. The van der Waals surface area contributed by atoms with Crippen molar-refractivity contribution in [1.29, 1.82) is 0 Å². The van der Waals surface area contributed by atoms with Crippen LogP contribution in [0, 0.1) is 6.92 Å². The predicted molar refractivity (Wildman–Crippen MR) is 88.4 cm³/mol. The molecular weight excluding hydrogens is 294 g/mol. The highest BCUT2D eigenvalue weighted by Crippen LogP contribution is 2.13. The van der Waals surface area contributed by atoms with Gasteiger partial charge in [-0.2, -0.15) is 0 Å². The molecule has 0 radical (unpaired) electrons. The second kappa shape index (κ2) is 8.14. The number of nitrogens with one attached hydrogen (secondary N) is 1. The molecule has 6 heteroatoms. The molecule has 1 heterocycles. The molecule has 2 amide bonds. The highest BCUT2D eigenvalue weighted by Gasteiger charge is 2.07. The summed E-state index contributed by atoms with van der Waals surface area (Å²) in [6.45, 7) is 2.61. The SMILES string of the molecule is CON(C)C(=O)Nc1ccc(OCCc2ccc(C)cc2)nc1. The third-order valence-corrected chi connectivity index (χ3v) is 3.31. The van der Waals surface area contributed by atoms with Crippen molar-refractivity contribution in [2.75, 3.05) is 26.1 Å². The Morgan fingerprint density at radius 2 is 1.96 bits per heavy atom. The number of nitrogens with zero attached hydrogens (tertiary/aromatic N) is 2. The molecule has 0 saturated heterocycles. The normalized spacial score (nSPS) is 10.2. The van der Waals surface area contributed by atoms with Crippen molar-refractivity contribution in [3.8, 4) is 5.88 Å². The quantitative estimate of drug-likeness (QED) is 0.832. The van der Waals surface area contributed by atoms with E-state index in [2.05, 4.69) is 41.5 Å². The van der Waals surface area contributed by atoms with Crippen molar-refractivity contribution in [3.05, 3.63) is 53.7 Å². The zero-order valence-corrected chi connectivity index (χ0v) is 13.6. The van der Waals surface area contributed by atoms with Crippen LogP contribution in [0.1, 0.15) is 11.1 Å². The summed E-state index contributed by atoms with van der Waals surface area (Å²) < 4.78 is 5.61. The molecule has 0 fully saturated rings. The summed E-state index contributed by atoms with van der Waals surface area (Å²) >= 11 is 0. The van der Waals surface area contributed by atoms with Crippen molar-refractivity contribution in [1.82, 2.24) is 10.0 Å². The fourth-order valence-corrected chi connectivity index (χ4v) is 1.85. The lowest BCUT2D eigenvalue weighted by molar-refractivity contribution is -0.0598. The first kappa shape index (κ1) is 16.8. The first-order chi connectivity index (χ1) is 11.1. The van der Waals surface area contributed by atoms with Gasteiger partial charge in [-0.1, -0.05) is 29.8 Å².